The van der Waals surface area contributed by atoms with Crippen molar-refractivity contribution in [2.24, 2.45) is 5.92 Å². The predicted molar refractivity (Wildman–Crippen MR) is 136 cm³/mol. The van der Waals surface area contributed by atoms with Crippen LogP contribution in [0.5, 0.6) is 5.75 Å². The van der Waals surface area contributed by atoms with Crippen molar-refractivity contribution in [3.8, 4) is 17.1 Å². The van der Waals surface area contributed by atoms with Gasteiger partial charge in [-0.1, -0.05) is 22.8 Å². The van der Waals surface area contributed by atoms with Crippen LogP contribution in [-0.2, 0) is 4.79 Å². The van der Waals surface area contributed by atoms with Crippen molar-refractivity contribution < 1.29 is 14.1 Å². The van der Waals surface area contributed by atoms with Gasteiger partial charge in [0.1, 0.15) is 5.75 Å². The molecule has 0 spiro atoms. The van der Waals surface area contributed by atoms with Crippen molar-refractivity contribution in [2.45, 2.75) is 19.8 Å². The van der Waals surface area contributed by atoms with Gasteiger partial charge in [-0.15, -0.1) is 0 Å². The normalized spacial score (nSPS) is 17.1. The number of amides is 1. The van der Waals surface area contributed by atoms with E-state index in [4.69, 9.17) is 20.9 Å². The Balaban J connectivity index is 1.13. The van der Waals surface area contributed by atoms with Crippen LogP contribution in [-0.4, -0.2) is 67.3 Å². The summed E-state index contributed by atoms with van der Waals surface area (Å²) in [5.41, 5.74) is 3.24. The predicted octanol–water partition coefficient (Wildman–Crippen LogP) is 4.27. The molecule has 2 aliphatic rings. The third kappa shape index (κ3) is 5.07. The first kappa shape index (κ1) is 23.5. The van der Waals surface area contributed by atoms with Crippen LogP contribution >= 0.6 is 11.6 Å². The molecule has 5 rings (SSSR count). The molecule has 2 aliphatic heterocycles. The van der Waals surface area contributed by atoms with Gasteiger partial charge in [0.2, 0.25) is 11.7 Å². The fourth-order valence-corrected chi connectivity index (χ4v) is 5.03. The Hall–Kier alpha value is -3.26. The Morgan fingerprint density at radius 2 is 1.71 bits per heavy atom. The van der Waals surface area contributed by atoms with Crippen LogP contribution in [0, 0.1) is 12.8 Å². The van der Waals surface area contributed by atoms with Gasteiger partial charge in [-0.25, -0.2) is 0 Å². The molecule has 0 N–H and O–H groups in total. The van der Waals surface area contributed by atoms with Crippen molar-refractivity contribution in [2.75, 3.05) is 56.2 Å². The topological polar surface area (TPSA) is 74.9 Å². The van der Waals surface area contributed by atoms with Crippen molar-refractivity contribution in [1.82, 2.24) is 15.0 Å². The summed E-state index contributed by atoms with van der Waals surface area (Å²) in [5, 5.41) is 4.88. The highest BCUT2D eigenvalue weighted by molar-refractivity contribution is 6.30. The molecule has 0 aliphatic carbocycles. The Morgan fingerprint density at radius 1 is 1.00 bits per heavy atom. The molecular formula is C26H30ClN5O3. The first-order valence-corrected chi connectivity index (χ1v) is 12.4. The Bertz CT molecular complexity index is 1170. The van der Waals surface area contributed by atoms with Gasteiger partial charge in [0, 0.05) is 61.5 Å². The van der Waals surface area contributed by atoms with Gasteiger partial charge < -0.3 is 24.0 Å². The minimum atomic E-state index is 0.0367. The number of hydrogen-bond acceptors (Lipinski definition) is 7. The van der Waals surface area contributed by atoms with Crippen LogP contribution in [0.1, 0.15) is 18.4 Å². The Kier molecular flexibility index (Phi) is 6.81. The van der Waals surface area contributed by atoms with E-state index in [1.807, 2.05) is 47.4 Å². The zero-order valence-electron chi connectivity index (χ0n) is 20.1. The van der Waals surface area contributed by atoms with Crippen molar-refractivity contribution in [3.63, 3.8) is 0 Å². The smallest absolute Gasteiger partial charge is 0.324 e. The number of hydrogen-bond donors (Lipinski definition) is 0. The number of ether oxygens (including phenoxy) is 1. The number of aromatic nitrogens is 2. The maximum absolute atomic E-state index is 13.2. The highest BCUT2D eigenvalue weighted by Crippen LogP contribution is 2.28. The molecule has 0 atom stereocenters. The summed E-state index contributed by atoms with van der Waals surface area (Å²) in [6, 6.07) is 14.1. The number of rotatable bonds is 5. The monoisotopic (exact) mass is 495 g/mol. The molecule has 2 saturated heterocycles. The van der Waals surface area contributed by atoms with Crippen LogP contribution in [0.25, 0.3) is 11.4 Å². The summed E-state index contributed by atoms with van der Waals surface area (Å²) in [4.78, 5) is 24.2. The van der Waals surface area contributed by atoms with Crippen LogP contribution in [0.4, 0.5) is 11.7 Å². The largest absolute Gasteiger partial charge is 0.497 e. The molecule has 8 nitrogen and oxygen atoms in total. The molecule has 3 aromatic rings. The second kappa shape index (κ2) is 10.2. The third-order valence-corrected chi connectivity index (χ3v) is 7.22. The molecule has 9 heteroatoms. The van der Waals surface area contributed by atoms with Crippen LogP contribution in [0.15, 0.2) is 47.0 Å². The van der Waals surface area contributed by atoms with Crippen molar-refractivity contribution in [3.05, 3.63) is 53.1 Å². The molecular weight excluding hydrogens is 466 g/mol. The first-order valence-electron chi connectivity index (χ1n) is 12.0. The number of methoxy groups -OCH3 is 1. The highest BCUT2D eigenvalue weighted by atomic mass is 35.5. The second-order valence-electron chi connectivity index (χ2n) is 9.13. The lowest BCUT2D eigenvalue weighted by Crippen LogP contribution is -2.51. The number of carbonyl (C=O) groups excluding carboxylic acids is 1. The van der Waals surface area contributed by atoms with E-state index < -0.39 is 0 Å². The van der Waals surface area contributed by atoms with E-state index in [9.17, 15) is 4.79 Å². The molecule has 3 heterocycles. The number of piperazine rings is 1. The first-order chi connectivity index (χ1) is 17.0. The lowest BCUT2D eigenvalue weighted by molar-refractivity contribution is -0.136. The van der Waals surface area contributed by atoms with Crippen LogP contribution in [0.3, 0.4) is 0 Å². The fourth-order valence-electron chi connectivity index (χ4n) is 4.87. The number of nitrogens with zero attached hydrogens (tertiary/aromatic N) is 5. The summed E-state index contributed by atoms with van der Waals surface area (Å²) in [7, 11) is 1.64. The lowest BCUT2D eigenvalue weighted by atomic mass is 9.95. The average molecular weight is 496 g/mol. The maximum atomic E-state index is 13.2. The zero-order chi connectivity index (χ0) is 24.4. The van der Waals surface area contributed by atoms with E-state index >= 15 is 0 Å². The minimum Gasteiger partial charge on any atom is -0.497 e. The Morgan fingerprint density at radius 3 is 2.40 bits per heavy atom. The number of piperidine rings is 1. The van der Waals surface area contributed by atoms with E-state index in [1.54, 1.807) is 7.11 Å². The van der Waals surface area contributed by atoms with Crippen LogP contribution in [0.2, 0.25) is 5.02 Å². The second-order valence-corrected chi connectivity index (χ2v) is 9.57. The van der Waals surface area contributed by atoms with E-state index in [-0.39, 0.29) is 11.8 Å². The molecule has 35 heavy (non-hydrogen) atoms. The fraction of sp³-hybridized carbons (Fsp3) is 0.423. The van der Waals surface area contributed by atoms with E-state index in [2.05, 4.69) is 26.9 Å². The molecule has 0 unspecified atom stereocenters. The van der Waals surface area contributed by atoms with Gasteiger partial charge >= 0.3 is 6.01 Å². The van der Waals surface area contributed by atoms with Crippen LogP contribution < -0.4 is 14.5 Å². The SMILES string of the molecule is COc1ccc(-c2noc(N3CCC(C(=O)N4CCN(c5cc(Cl)ccc5C)CC4)CC3)n2)cc1. The molecule has 2 fully saturated rings. The number of carbonyl (C=O) groups is 1. The molecule has 0 bridgehead atoms. The summed E-state index contributed by atoms with van der Waals surface area (Å²) in [6.07, 6.45) is 1.57. The molecule has 0 radical (unpaired) electrons. The van der Waals surface area contributed by atoms with Gasteiger partial charge in [-0.3, -0.25) is 4.79 Å². The van der Waals surface area contributed by atoms with E-state index in [0.29, 0.717) is 11.8 Å². The van der Waals surface area contributed by atoms with Gasteiger partial charge in [0.15, 0.2) is 0 Å². The summed E-state index contributed by atoms with van der Waals surface area (Å²) >= 11 is 6.20. The standard InChI is InChI=1S/C26H30ClN5O3/c1-18-3-6-21(27)17-23(18)30-13-15-31(16-14-30)25(33)20-9-11-32(12-10-20)26-28-24(29-35-26)19-4-7-22(34-2)8-5-19/h3-8,17,20H,9-16H2,1-2H3. The summed E-state index contributed by atoms with van der Waals surface area (Å²) in [5.74, 6) is 1.63. The number of aryl methyl sites for hydroxylation is 1. The molecule has 1 amide bonds. The molecule has 1 aromatic heterocycles. The van der Waals surface area contributed by atoms with Crippen molar-refractivity contribution in [1.29, 1.82) is 0 Å². The third-order valence-electron chi connectivity index (χ3n) is 6.98. The van der Waals surface area contributed by atoms with Gasteiger partial charge in [0.05, 0.1) is 7.11 Å². The van der Waals surface area contributed by atoms with E-state index in [1.165, 1.54) is 5.56 Å². The zero-order valence-corrected chi connectivity index (χ0v) is 20.9. The number of benzene rings is 2. The lowest BCUT2D eigenvalue weighted by Gasteiger charge is -2.39. The minimum absolute atomic E-state index is 0.0367. The summed E-state index contributed by atoms with van der Waals surface area (Å²) < 4.78 is 10.7. The van der Waals surface area contributed by atoms with Gasteiger partial charge in [0.25, 0.3) is 0 Å². The maximum Gasteiger partial charge on any atom is 0.324 e. The number of anilines is 2. The van der Waals surface area contributed by atoms with Crippen molar-refractivity contribution >= 4 is 29.2 Å². The molecule has 2 aromatic carbocycles. The van der Waals surface area contributed by atoms with Gasteiger partial charge in [-0.05, 0) is 61.7 Å². The highest BCUT2D eigenvalue weighted by Gasteiger charge is 2.32. The van der Waals surface area contributed by atoms with E-state index in [0.717, 1.165) is 74.1 Å². The van der Waals surface area contributed by atoms with Gasteiger partial charge in [-0.2, -0.15) is 4.98 Å². The molecule has 0 saturated carbocycles. The molecule has 184 valence electrons. The number of halogens is 1. The average Bonchev–Trinajstić information content (AvgIpc) is 3.40. The summed E-state index contributed by atoms with van der Waals surface area (Å²) in [6.45, 7) is 6.66. The quantitative estimate of drug-likeness (QED) is 0.523. The Labute approximate surface area is 210 Å².